The second kappa shape index (κ2) is 8.19. The van der Waals surface area contributed by atoms with E-state index in [1.807, 2.05) is 30.0 Å². The third-order valence-corrected chi connectivity index (χ3v) is 5.59. The third-order valence-electron chi connectivity index (χ3n) is 5.59. The quantitative estimate of drug-likeness (QED) is 0.890. The number of likely N-dealkylation sites (tertiary alicyclic amines) is 2. The Morgan fingerprint density at radius 1 is 1.28 bits per heavy atom. The van der Waals surface area contributed by atoms with Gasteiger partial charge >= 0.3 is 0 Å². The second-order valence-electron chi connectivity index (χ2n) is 7.35. The van der Waals surface area contributed by atoms with Crippen molar-refractivity contribution in [3.8, 4) is 5.75 Å². The molecule has 0 radical (unpaired) electrons. The average Bonchev–Trinajstić information content (AvgIpc) is 3.07. The molecule has 0 aliphatic carbocycles. The highest BCUT2D eigenvalue weighted by Gasteiger charge is 2.33. The fourth-order valence-electron chi connectivity index (χ4n) is 4.14. The lowest BCUT2D eigenvalue weighted by Gasteiger charge is -2.39. The molecule has 0 saturated carbocycles. The maximum atomic E-state index is 12.7. The van der Waals surface area contributed by atoms with Crippen LogP contribution in [-0.2, 0) is 11.4 Å². The number of amides is 1. The molecule has 0 aromatic heterocycles. The van der Waals surface area contributed by atoms with Crippen LogP contribution >= 0.6 is 0 Å². The SMILES string of the molecule is CC(Oc1cccc(CO)c1)C(=O)N1CCC(N2CCCC2C)CC1. The zero-order valence-electron chi connectivity index (χ0n) is 15.4. The summed E-state index contributed by atoms with van der Waals surface area (Å²) >= 11 is 0. The molecule has 2 atom stereocenters. The molecule has 2 aliphatic heterocycles. The van der Waals surface area contributed by atoms with Crippen LogP contribution in [0, 0.1) is 0 Å². The Kier molecular flexibility index (Phi) is 5.97. The molecule has 0 bridgehead atoms. The molecule has 2 aliphatic rings. The number of aliphatic hydroxyl groups is 1. The molecule has 5 heteroatoms. The van der Waals surface area contributed by atoms with Gasteiger partial charge in [-0.2, -0.15) is 0 Å². The molecular formula is C20H30N2O3. The van der Waals surface area contributed by atoms with Gasteiger partial charge in [-0.3, -0.25) is 9.69 Å². The number of hydrogen-bond acceptors (Lipinski definition) is 4. The summed E-state index contributed by atoms with van der Waals surface area (Å²) in [6, 6.07) is 8.59. The van der Waals surface area contributed by atoms with Crippen LogP contribution in [0.5, 0.6) is 5.75 Å². The van der Waals surface area contributed by atoms with Gasteiger partial charge in [-0.1, -0.05) is 12.1 Å². The number of benzene rings is 1. The first-order valence-corrected chi connectivity index (χ1v) is 9.49. The summed E-state index contributed by atoms with van der Waals surface area (Å²) in [4.78, 5) is 17.3. The maximum Gasteiger partial charge on any atom is 0.263 e. The van der Waals surface area contributed by atoms with Crippen molar-refractivity contribution < 1.29 is 14.6 Å². The summed E-state index contributed by atoms with van der Waals surface area (Å²) < 4.78 is 5.80. The van der Waals surface area contributed by atoms with Gasteiger partial charge in [0.1, 0.15) is 5.75 Å². The fraction of sp³-hybridized carbons (Fsp3) is 0.650. The van der Waals surface area contributed by atoms with Gasteiger partial charge in [-0.25, -0.2) is 0 Å². The van der Waals surface area contributed by atoms with E-state index in [-0.39, 0.29) is 12.5 Å². The smallest absolute Gasteiger partial charge is 0.263 e. The van der Waals surface area contributed by atoms with Crippen LogP contribution in [0.1, 0.15) is 45.1 Å². The van der Waals surface area contributed by atoms with E-state index in [4.69, 9.17) is 4.74 Å². The average molecular weight is 346 g/mol. The predicted molar refractivity (Wildman–Crippen MR) is 97.5 cm³/mol. The molecule has 2 fully saturated rings. The summed E-state index contributed by atoms with van der Waals surface area (Å²) in [5.41, 5.74) is 0.790. The molecule has 5 nitrogen and oxygen atoms in total. The standard InChI is InChI=1S/C20H30N2O3/c1-15-5-4-10-22(15)18-8-11-21(12-9-18)20(24)16(2)25-19-7-3-6-17(13-19)14-23/h3,6-7,13,15-16,18,23H,4-5,8-12,14H2,1-2H3. The zero-order chi connectivity index (χ0) is 17.8. The van der Waals surface area contributed by atoms with Crippen molar-refractivity contribution in [3.63, 3.8) is 0 Å². The molecule has 1 amide bonds. The van der Waals surface area contributed by atoms with Crippen molar-refractivity contribution in [2.45, 2.75) is 64.3 Å². The zero-order valence-corrected chi connectivity index (χ0v) is 15.4. The summed E-state index contributed by atoms with van der Waals surface area (Å²) in [6.45, 7) is 6.94. The molecule has 0 spiro atoms. The number of rotatable bonds is 5. The number of carbonyl (C=O) groups excluding carboxylic acids is 1. The highest BCUT2D eigenvalue weighted by atomic mass is 16.5. The summed E-state index contributed by atoms with van der Waals surface area (Å²) in [7, 11) is 0. The van der Waals surface area contributed by atoms with Crippen molar-refractivity contribution in [2.75, 3.05) is 19.6 Å². The number of nitrogens with zero attached hydrogens (tertiary/aromatic N) is 2. The van der Waals surface area contributed by atoms with E-state index in [0.29, 0.717) is 17.8 Å². The molecule has 2 saturated heterocycles. The van der Waals surface area contributed by atoms with Crippen molar-refractivity contribution in [1.82, 2.24) is 9.80 Å². The van der Waals surface area contributed by atoms with Crippen molar-refractivity contribution in [1.29, 1.82) is 0 Å². The van der Waals surface area contributed by atoms with Gasteiger partial charge in [-0.15, -0.1) is 0 Å². The van der Waals surface area contributed by atoms with Crippen LogP contribution in [0.4, 0.5) is 0 Å². The van der Waals surface area contributed by atoms with E-state index in [2.05, 4.69) is 11.8 Å². The van der Waals surface area contributed by atoms with Crippen LogP contribution in [0.15, 0.2) is 24.3 Å². The topological polar surface area (TPSA) is 53.0 Å². The van der Waals surface area contributed by atoms with E-state index in [1.165, 1.54) is 19.4 Å². The molecule has 1 aromatic rings. The minimum Gasteiger partial charge on any atom is -0.481 e. The first kappa shape index (κ1) is 18.2. The molecule has 3 rings (SSSR count). The van der Waals surface area contributed by atoms with Gasteiger partial charge in [0, 0.05) is 25.2 Å². The molecule has 2 unspecified atom stereocenters. The van der Waals surface area contributed by atoms with Crippen molar-refractivity contribution in [2.24, 2.45) is 0 Å². The number of carbonyl (C=O) groups is 1. The van der Waals surface area contributed by atoms with Gasteiger partial charge in [0.15, 0.2) is 6.10 Å². The van der Waals surface area contributed by atoms with Crippen LogP contribution in [0.3, 0.4) is 0 Å². The largest absolute Gasteiger partial charge is 0.481 e. The van der Waals surface area contributed by atoms with E-state index < -0.39 is 6.10 Å². The predicted octanol–water partition coefficient (Wildman–Crippen LogP) is 2.42. The molecule has 1 N–H and O–H groups in total. The first-order valence-electron chi connectivity index (χ1n) is 9.49. The Morgan fingerprint density at radius 3 is 2.68 bits per heavy atom. The Bertz CT molecular complexity index is 584. The van der Waals surface area contributed by atoms with Crippen LogP contribution in [0.2, 0.25) is 0 Å². The second-order valence-corrected chi connectivity index (χ2v) is 7.35. The number of ether oxygens (including phenoxy) is 1. The van der Waals surface area contributed by atoms with Crippen molar-refractivity contribution >= 4 is 5.91 Å². The lowest BCUT2D eigenvalue weighted by molar-refractivity contribution is -0.139. The molecule has 25 heavy (non-hydrogen) atoms. The summed E-state index contributed by atoms with van der Waals surface area (Å²) in [5.74, 6) is 0.690. The molecule has 138 valence electrons. The van der Waals surface area contributed by atoms with Crippen molar-refractivity contribution in [3.05, 3.63) is 29.8 Å². The van der Waals surface area contributed by atoms with Gasteiger partial charge in [-0.05, 0) is 63.8 Å². The number of aliphatic hydroxyl groups excluding tert-OH is 1. The Morgan fingerprint density at radius 2 is 2.04 bits per heavy atom. The Labute approximate surface area is 150 Å². The minimum absolute atomic E-state index is 0.0258. The molecule has 2 heterocycles. The number of hydrogen-bond donors (Lipinski definition) is 1. The lowest BCUT2D eigenvalue weighted by Crippen LogP contribution is -2.50. The lowest BCUT2D eigenvalue weighted by atomic mass is 10.0. The van der Waals surface area contributed by atoms with E-state index >= 15 is 0 Å². The Hall–Kier alpha value is -1.59. The fourth-order valence-corrected chi connectivity index (χ4v) is 4.14. The van der Waals surface area contributed by atoms with E-state index in [9.17, 15) is 9.90 Å². The van der Waals surface area contributed by atoms with Gasteiger partial charge in [0.2, 0.25) is 0 Å². The maximum absolute atomic E-state index is 12.7. The van der Waals surface area contributed by atoms with E-state index in [1.54, 1.807) is 6.07 Å². The van der Waals surface area contributed by atoms with Crippen LogP contribution in [-0.4, -0.2) is 58.6 Å². The molecular weight excluding hydrogens is 316 g/mol. The highest BCUT2D eigenvalue weighted by Crippen LogP contribution is 2.26. The summed E-state index contributed by atoms with van der Waals surface area (Å²) in [6.07, 6.45) is 4.22. The van der Waals surface area contributed by atoms with Gasteiger partial charge in [0.25, 0.3) is 5.91 Å². The third kappa shape index (κ3) is 4.33. The minimum atomic E-state index is -0.504. The summed E-state index contributed by atoms with van der Waals surface area (Å²) in [5, 5.41) is 9.21. The van der Waals surface area contributed by atoms with E-state index in [0.717, 1.165) is 31.5 Å². The Balaban J connectivity index is 1.51. The van der Waals surface area contributed by atoms with Crippen LogP contribution in [0.25, 0.3) is 0 Å². The normalized spacial score (nSPS) is 23.6. The molecule has 1 aromatic carbocycles. The van der Waals surface area contributed by atoms with Crippen LogP contribution < -0.4 is 4.74 Å². The van der Waals surface area contributed by atoms with Gasteiger partial charge in [0.05, 0.1) is 6.61 Å². The number of piperidine rings is 1. The first-order chi connectivity index (χ1) is 12.1. The van der Waals surface area contributed by atoms with Gasteiger partial charge < -0.3 is 14.7 Å². The highest BCUT2D eigenvalue weighted by molar-refractivity contribution is 5.81. The monoisotopic (exact) mass is 346 g/mol.